The number of carbonyl (C=O) groups is 1. The maximum Gasteiger partial charge on any atom is 0.441 e. The van der Waals surface area contributed by atoms with Crippen molar-refractivity contribution in [2.75, 3.05) is 24.3 Å². The zero-order valence-electron chi connectivity index (χ0n) is 18.7. The van der Waals surface area contributed by atoms with E-state index in [1.807, 2.05) is 43.3 Å². The van der Waals surface area contributed by atoms with Crippen molar-refractivity contribution in [2.24, 2.45) is 0 Å². The van der Waals surface area contributed by atoms with Crippen LogP contribution in [0.3, 0.4) is 0 Å². The van der Waals surface area contributed by atoms with Crippen molar-refractivity contribution in [1.29, 1.82) is 0 Å². The Hall–Kier alpha value is -4.41. The summed E-state index contributed by atoms with van der Waals surface area (Å²) in [4.78, 5) is 35.7. The number of anilines is 2. The number of hydrogen-bond donors (Lipinski definition) is 1. The molecule has 0 bridgehead atoms. The van der Waals surface area contributed by atoms with Gasteiger partial charge in [-0.2, -0.15) is 9.36 Å². The first kappa shape index (κ1) is 23.3. The molecule has 0 spiro atoms. The van der Waals surface area contributed by atoms with Crippen molar-refractivity contribution in [3.05, 3.63) is 81.9 Å². The molecule has 0 aliphatic heterocycles. The number of hydrogen-bond acceptors (Lipinski definition) is 8. The lowest BCUT2D eigenvalue weighted by Crippen LogP contribution is -2.14. The molecule has 0 fully saturated rings. The molecule has 33 heavy (non-hydrogen) atoms. The Morgan fingerprint density at radius 2 is 1.58 bits per heavy atom. The summed E-state index contributed by atoms with van der Waals surface area (Å²) < 4.78 is 11.8. The van der Waals surface area contributed by atoms with Crippen LogP contribution in [0.1, 0.15) is 19.2 Å². The summed E-state index contributed by atoms with van der Waals surface area (Å²) in [6.07, 6.45) is 1.50. The number of aryl methyl sites for hydroxylation is 1. The second-order valence-corrected chi connectivity index (χ2v) is 7.07. The van der Waals surface area contributed by atoms with Gasteiger partial charge in [0, 0.05) is 38.8 Å². The number of nitrogens with zero attached hydrogens (tertiary/aromatic N) is 5. The molecule has 11 heteroatoms. The highest BCUT2D eigenvalue weighted by Crippen LogP contribution is 2.14. The van der Waals surface area contributed by atoms with E-state index in [0.717, 1.165) is 16.8 Å². The predicted octanol–water partition coefficient (Wildman–Crippen LogP) is 2.37. The molecular formula is C22H24N6O5. The van der Waals surface area contributed by atoms with Crippen LogP contribution in [0.25, 0.3) is 11.4 Å². The summed E-state index contributed by atoms with van der Waals surface area (Å²) >= 11 is 0. The van der Waals surface area contributed by atoms with Gasteiger partial charge in [-0.15, -0.1) is 10.2 Å². The van der Waals surface area contributed by atoms with Crippen molar-refractivity contribution in [1.82, 2.24) is 19.6 Å². The summed E-state index contributed by atoms with van der Waals surface area (Å²) in [5.41, 5.74) is 3.03. The second kappa shape index (κ2) is 10.3. The number of amides is 1. The number of rotatable bonds is 5. The zero-order chi connectivity index (χ0) is 24.0. The third kappa shape index (κ3) is 5.85. The highest BCUT2D eigenvalue weighted by molar-refractivity contribution is 5.90. The topological polar surface area (TPSA) is 128 Å². The maximum atomic E-state index is 11.4. The van der Waals surface area contributed by atoms with Crippen LogP contribution in [0.5, 0.6) is 0 Å². The largest absolute Gasteiger partial charge is 0.441 e. The number of aromatic nitrogens is 4. The molecule has 4 rings (SSSR count). The Balaban J connectivity index is 0.000000186. The van der Waals surface area contributed by atoms with Gasteiger partial charge >= 0.3 is 11.5 Å². The van der Waals surface area contributed by atoms with Crippen LogP contribution in [0.4, 0.5) is 11.4 Å². The van der Waals surface area contributed by atoms with Gasteiger partial charge in [-0.25, -0.2) is 9.59 Å². The quantitative estimate of drug-likeness (QED) is 0.489. The Labute approximate surface area is 188 Å². The van der Waals surface area contributed by atoms with Crippen LogP contribution in [0.2, 0.25) is 0 Å². The van der Waals surface area contributed by atoms with E-state index in [4.69, 9.17) is 4.42 Å². The van der Waals surface area contributed by atoms with Gasteiger partial charge in [0.2, 0.25) is 18.2 Å². The first-order valence-electron chi connectivity index (χ1n) is 10.1. The lowest BCUT2D eigenvalue weighted by atomic mass is 10.2. The van der Waals surface area contributed by atoms with Crippen LogP contribution >= 0.6 is 0 Å². The van der Waals surface area contributed by atoms with Crippen LogP contribution in [-0.2, 0) is 4.79 Å². The monoisotopic (exact) mass is 452 g/mol. The molecule has 0 aliphatic carbocycles. The molecule has 4 aromatic rings. The van der Waals surface area contributed by atoms with Gasteiger partial charge in [-0.05, 0) is 48.5 Å². The summed E-state index contributed by atoms with van der Waals surface area (Å²) in [5.74, 6) is -0.705. The van der Waals surface area contributed by atoms with E-state index in [1.165, 1.54) is 4.68 Å². The third-order valence-corrected chi connectivity index (χ3v) is 4.47. The molecule has 1 amide bonds. The van der Waals surface area contributed by atoms with E-state index in [1.54, 1.807) is 38.1 Å². The first-order chi connectivity index (χ1) is 15.8. The fourth-order valence-corrected chi connectivity index (χ4v) is 2.75. The second-order valence-electron chi connectivity index (χ2n) is 7.07. The van der Waals surface area contributed by atoms with Crippen molar-refractivity contribution >= 4 is 17.3 Å². The van der Waals surface area contributed by atoms with Crippen LogP contribution < -0.4 is 21.7 Å². The number of nitrogens with one attached hydrogen (secondary N) is 1. The molecule has 11 nitrogen and oxygen atoms in total. The average Bonchev–Trinajstić information content (AvgIpc) is 3.38. The molecule has 2 aromatic heterocycles. The summed E-state index contributed by atoms with van der Waals surface area (Å²) in [7, 11) is 3.92. The molecule has 2 aromatic carbocycles. The molecular weight excluding hydrogens is 428 g/mol. The zero-order valence-corrected chi connectivity index (χ0v) is 18.7. The minimum atomic E-state index is -0.546. The van der Waals surface area contributed by atoms with Gasteiger partial charge in [0.15, 0.2) is 0 Å². The summed E-state index contributed by atoms with van der Waals surface area (Å²) in [6.45, 7) is 3.42. The lowest BCUT2D eigenvalue weighted by Gasteiger charge is -2.12. The van der Waals surface area contributed by atoms with Crippen molar-refractivity contribution in [3.8, 4) is 11.4 Å². The van der Waals surface area contributed by atoms with E-state index in [0.29, 0.717) is 29.4 Å². The van der Waals surface area contributed by atoms with Crippen molar-refractivity contribution in [3.63, 3.8) is 0 Å². The smallest absolute Gasteiger partial charge is 0.395 e. The maximum absolute atomic E-state index is 11.4. The van der Waals surface area contributed by atoms with Gasteiger partial charge in [-0.3, -0.25) is 4.79 Å². The average molecular weight is 452 g/mol. The molecule has 0 atom stereocenters. The van der Waals surface area contributed by atoms with Gasteiger partial charge in [0.05, 0.1) is 11.4 Å². The summed E-state index contributed by atoms with van der Waals surface area (Å²) in [6, 6.07) is 14.3. The minimum Gasteiger partial charge on any atom is -0.395 e. The van der Waals surface area contributed by atoms with E-state index < -0.39 is 11.5 Å². The van der Waals surface area contributed by atoms with Gasteiger partial charge in [0.1, 0.15) is 0 Å². The predicted molar refractivity (Wildman–Crippen MR) is 122 cm³/mol. The number of benzene rings is 2. The number of carbonyl (C=O) groups excluding carboxylic acids is 1. The standard InChI is InChI=1S/C11H11N3O3.C11H13N3O2/c1-2-10(15)13-8-3-5-9(6-4-8)14-11(16)17-7-12-14;1-8-12-14(11(15)16-8)10-6-4-9(5-7-10)13(2)3/h3-7H,2H2,1H3,(H,13,15);4-7H,1-3H3. The third-order valence-electron chi connectivity index (χ3n) is 4.47. The Kier molecular flexibility index (Phi) is 7.24. The molecule has 0 saturated carbocycles. The van der Waals surface area contributed by atoms with E-state index in [-0.39, 0.29) is 5.91 Å². The molecule has 0 unspecified atom stereocenters. The van der Waals surface area contributed by atoms with Gasteiger partial charge in [0.25, 0.3) is 0 Å². The normalized spacial score (nSPS) is 10.3. The van der Waals surface area contributed by atoms with Gasteiger partial charge in [-0.1, -0.05) is 6.92 Å². The highest BCUT2D eigenvalue weighted by Gasteiger charge is 2.07. The molecule has 0 radical (unpaired) electrons. The SMILES string of the molecule is CCC(=O)Nc1ccc(-n2ncoc2=O)cc1.Cc1nn(-c2ccc(N(C)C)cc2)c(=O)o1. The fourth-order valence-electron chi connectivity index (χ4n) is 2.75. The van der Waals surface area contributed by atoms with Crippen molar-refractivity contribution in [2.45, 2.75) is 20.3 Å². The summed E-state index contributed by atoms with van der Waals surface area (Å²) in [5, 5.41) is 10.4. The Morgan fingerprint density at radius 3 is 2.06 bits per heavy atom. The molecule has 0 aliphatic rings. The molecule has 2 heterocycles. The van der Waals surface area contributed by atoms with E-state index >= 15 is 0 Å². The molecule has 172 valence electrons. The Morgan fingerprint density at radius 1 is 0.970 bits per heavy atom. The van der Waals surface area contributed by atoms with Crippen LogP contribution in [-0.4, -0.2) is 39.6 Å². The molecule has 0 saturated heterocycles. The van der Waals surface area contributed by atoms with Crippen LogP contribution in [0, 0.1) is 6.92 Å². The van der Waals surface area contributed by atoms with Gasteiger partial charge < -0.3 is 19.1 Å². The highest BCUT2D eigenvalue weighted by atomic mass is 16.4. The molecule has 1 N–H and O–H groups in total. The minimum absolute atomic E-state index is 0.0589. The van der Waals surface area contributed by atoms with Crippen LogP contribution in [0.15, 0.2) is 73.3 Å². The van der Waals surface area contributed by atoms with Crippen molar-refractivity contribution < 1.29 is 13.6 Å². The van der Waals surface area contributed by atoms with E-state index in [2.05, 4.69) is 19.9 Å². The first-order valence-corrected chi connectivity index (χ1v) is 10.1. The Bertz CT molecular complexity index is 1310. The van der Waals surface area contributed by atoms with E-state index in [9.17, 15) is 14.4 Å². The lowest BCUT2D eigenvalue weighted by molar-refractivity contribution is -0.115. The fraction of sp³-hybridized carbons (Fsp3) is 0.227.